The van der Waals surface area contributed by atoms with Gasteiger partial charge >= 0.3 is 0 Å². The van der Waals surface area contributed by atoms with Crippen molar-refractivity contribution in [2.24, 2.45) is 5.92 Å². The molecule has 1 amide bonds. The molecule has 0 radical (unpaired) electrons. The van der Waals surface area contributed by atoms with Gasteiger partial charge in [0.1, 0.15) is 0 Å². The van der Waals surface area contributed by atoms with Crippen LogP contribution in [0.15, 0.2) is 34.1 Å². The molecule has 0 saturated carbocycles. The number of benzene rings is 1. The molecular formula is C13H13BrN2OS. The highest BCUT2D eigenvalue weighted by Gasteiger charge is 2.10. The lowest BCUT2D eigenvalue weighted by atomic mass is 10.2. The first-order valence-corrected chi connectivity index (χ1v) is 7.26. The summed E-state index contributed by atoms with van der Waals surface area (Å²) in [7, 11) is 0. The number of nitrogens with one attached hydrogen (secondary N) is 1. The number of carbonyl (C=O) groups excluding carboxylic acids is 1. The maximum Gasteiger partial charge on any atom is 0.228 e. The van der Waals surface area contributed by atoms with Crippen LogP contribution in [0.1, 0.15) is 13.8 Å². The Morgan fingerprint density at radius 3 is 2.89 bits per heavy atom. The van der Waals surface area contributed by atoms with Crippen LogP contribution in [-0.4, -0.2) is 10.9 Å². The third-order valence-electron chi connectivity index (χ3n) is 2.38. The van der Waals surface area contributed by atoms with Crippen LogP contribution in [0.25, 0.3) is 11.3 Å². The van der Waals surface area contributed by atoms with Gasteiger partial charge in [0, 0.05) is 21.3 Å². The molecule has 1 heterocycles. The molecule has 0 aliphatic heterocycles. The van der Waals surface area contributed by atoms with Crippen LogP contribution < -0.4 is 5.32 Å². The second-order valence-corrected chi connectivity index (χ2v) is 5.97. The van der Waals surface area contributed by atoms with E-state index >= 15 is 0 Å². The molecule has 18 heavy (non-hydrogen) atoms. The predicted octanol–water partition coefficient (Wildman–Crippen LogP) is 4.17. The van der Waals surface area contributed by atoms with Crippen LogP contribution in [0, 0.1) is 5.92 Å². The standard InChI is InChI=1S/C13H13BrN2OS/c1-8(2)12(17)16-13-15-11(7-18-13)9-4-3-5-10(14)6-9/h3-8H,1-2H3,(H,15,16,17). The number of rotatable bonds is 3. The lowest BCUT2D eigenvalue weighted by Crippen LogP contribution is -2.17. The zero-order chi connectivity index (χ0) is 13.1. The highest BCUT2D eigenvalue weighted by molar-refractivity contribution is 9.10. The SMILES string of the molecule is CC(C)C(=O)Nc1nc(-c2cccc(Br)c2)cs1. The third-order valence-corrected chi connectivity index (χ3v) is 3.63. The summed E-state index contributed by atoms with van der Waals surface area (Å²) in [6.07, 6.45) is 0. The highest BCUT2D eigenvalue weighted by atomic mass is 79.9. The van der Waals surface area contributed by atoms with E-state index in [1.165, 1.54) is 11.3 Å². The van der Waals surface area contributed by atoms with Crippen LogP contribution in [-0.2, 0) is 4.79 Å². The first-order valence-electron chi connectivity index (χ1n) is 5.58. The summed E-state index contributed by atoms with van der Waals surface area (Å²) in [4.78, 5) is 16.0. The molecule has 2 aromatic rings. The normalized spacial score (nSPS) is 10.7. The maximum absolute atomic E-state index is 11.6. The molecule has 0 bridgehead atoms. The van der Waals surface area contributed by atoms with Crippen molar-refractivity contribution in [2.45, 2.75) is 13.8 Å². The number of anilines is 1. The van der Waals surface area contributed by atoms with Gasteiger partial charge in [-0.25, -0.2) is 4.98 Å². The van der Waals surface area contributed by atoms with Gasteiger partial charge in [-0.05, 0) is 12.1 Å². The molecule has 1 aromatic heterocycles. The van der Waals surface area contributed by atoms with Crippen LogP contribution in [0.4, 0.5) is 5.13 Å². The molecule has 0 saturated heterocycles. The Bertz CT molecular complexity index is 566. The summed E-state index contributed by atoms with van der Waals surface area (Å²) in [6, 6.07) is 7.93. The molecule has 3 nitrogen and oxygen atoms in total. The van der Waals surface area contributed by atoms with Crippen molar-refractivity contribution in [2.75, 3.05) is 5.32 Å². The van der Waals surface area contributed by atoms with Crippen molar-refractivity contribution >= 4 is 38.3 Å². The molecule has 0 aliphatic rings. The Morgan fingerprint density at radius 2 is 2.22 bits per heavy atom. The molecule has 0 atom stereocenters. The first kappa shape index (κ1) is 13.2. The van der Waals surface area contributed by atoms with E-state index in [0.717, 1.165) is 15.7 Å². The summed E-state index contributed by atoms with van der Waals surface area (Å²) in [6.45, 7) is 3.72. The van der Waals surface area contributed by atoms with Crippen molar-refractivity contribution < 1.29 is 4.79 Å². The molecular weight excluding hydrogens is 312 g/mol. The highest BCUT2D eigenvalue weighted by Crippen LogP contribution is 2.27. The van der Waals surface area contributed by atoms with E-state index in [0.29, 0.717) is 5.13 Å². The largest absolute Gasteiger partial charge is 0.302 e. The fourth-order valence-corrected chi connectivity index (χ4v) is 2.48. The first-order chi connectivity index (χ1) is 8.56. The van der Waals surface area contributed by atoms with E-state index in [2.05, 4.69) is 26.2 Å². The third kappa shape index (κ3) is 3.17. The molecule has 94 valence electrons. The summed E-state index contributed by atoms with van der Waals surface area (Å²) in [5.74, 6) is -0.0478. The van der Waals surface area contributed by atoms with Gasteiger partial charge in [0.15, 0.2) is 5.13 Å². The van der Waals surface area contributed by atoms with Crippen molar-refractivity contribution in [3.05, 3.63) is 34.1 Å². The molecule has 5 heteroatoms. The van der Waals surface area contributed by atoms with Crippen molar-refractivity contribution in [3.8, 4) is 11.3 Å². The van der Waals surface area contributed by atoms with Crippen LogP contribution >= 0.6 is 27.3 Å². The van der Waals surface area contributed by atoms with E-state index < -0.39 is 0 Å². The number of thiazole rings is 1. The number of amides is 1. The Morgan fingerprint density at radius 1 is 1.44 bits per heavy atom. The molecule has 1 N–H and O–H groups in total. The van der Waals surface area contributed by atoms with Crippen LogP contribution in [0.5, 0.6) is 0 Å². The van der Waals surface area contributed by atoms with Gasteiger partial charge in [-0.3, -0.25) is 4.79 Å². The molecule has 1 aromatic carbocycles. The van der Waals surface area contributed by atoms with E-state index in [-0.39, 0.29) is 11.8 Å². The lowest BCUT2D eigenvalue weighted by Gasteiger charge is -2.03. The number of aromatic nitrogens is 1. The topological polar surface area (TPSA) is 42.0 Å². The Labute approximate surface area is 118 Å². The second kappa shape index (κ2) is 5.63. The zero-order valence-electron chi connectivity index (χ0n) is 10.1. The summed E-state index contributed by atoms with van der Waals surface area (Å²) < 4.78 is 1.01. The number of carbonyl (C=O) groups is 1. The molecule has 0 aliphatic carbocycles. The van der Waals surface area contributed by atoms with Crippen molar-refractivity contribution in [1.29, 1.82) is 0 Å². The van der Waals surface area contributed by atoms with Gasteiger partial charge in [-0.15, -0.1) is 11.3 Å². The van der Waals surface area contributed by atoms with Crippen LogP contribution in [0.2, 0.25) is 0 Å². The molecule has 2 rings (SSSR count). The number of hydrogen-bond donors (Lipinski definition) is 1. The number of nitrogens with zero attached hydrogens (tertiary/aromatic N) is 1. The average molecular weight is 325 g/mol. The Hall–Kier alpha value is -1.20. The maximum atomic E-state index is 11.6. The lowest BCUT2D eigenvalue weighted by molar-refractivity contribution is -0.118. The van der Waals surface area contributed by atoms with E-state index in [1.54, 1.807) is 0 Å². The molecule has 0 fully saturated rings. The number of halogens is 1. The smallest absolute Gasteiger partial charge is 0.228 e. The minimum absolute atomic E-state index is 0.00913. The van der Waals surface area contributed by atoms with Gasteiger partial charge in [0.25, 0.3) is 0 Å². The summed E-state index contributed by atoms with van der Waals surface area (Å²) >= 11 is 4.87. The second-order valence-electron chi connectivity index (χ2n) is 4.19. The minimum atomic E-state index is -0.0387. The van der Waals surface area contributed by atoms with E-state index in [4.69, 9.17) is 0 Å². The van der Waals surface area contributed by atoms with E-state index in [9.17, 15) is 4.79 Å². The van der Waals surface area contributed by atoms with Crippen molar-refractivity contribution in [1.82, 2.24) is 4.98 Å². The van der Waals surface area contributed by atoms with Crippen LogP contribution in [0.3, 0.4) is 0 Å². The van der Waals surface area contributed by atoms with Crippen molar-refractivity contribution in [3.63, 3.8) is 0 Å². The Balaban J connectivity index is 2.18. The van der Waals surface area contributed by atoms with E-state index in [1.807, 2.05) is 43.5 Å². The number of hydrogen-bond acceptors (Lipinski definition) is 3. The van der Waals surface area contributed by atoms with Gasteiger partial charge in [-0.2, -0.15) is 0 Å². The van der Waals surface area contributed by atoms with Gasteiger partial charge in [0.2, 0.25) is 5.91 Å². The van der Waals surface area contributed by atoms with Gasteiger partial charge in [-0.1, -0.05) is 41.9 Å². The monoisotopic (exact) mass is 324 g/mol. The predicted molar refractivity (Wildman–Crippen MR) is 78.7 cm³/mol. The Kier molecular flexibility index (Phi) is 4.14. The van der Waals surface area contributed by atoms with Gasteiger partial charge < -0.3 is 5.32 Å². The fourth-order valence-electron chi connectivity index (χ4n) is 1.36. The average Bonchev–Trinajstić information content (AvgIpc) is 2.77. The molecule has 0 unspecified atom stereocenters. The molecule has 0 spiro atoms. The zero-order valence-corrected chi connectivity index (χ0v) is 12.5. The fraction of sp³-hybridized carbons (Fsp3) is 0.231. The summed E-state index contributed by atoms with van der Waals surface area (Å²) in [5, 5.41) is 5.39. The quantitative estimate of drug-likeness (QED) is 0.920. The van der Waals surface area contributed by atoms with Gasteiger partial charge in [0.05, 0.1) is 5.69 Å². The minimum Gasteiger partial charge on any atom is -0.302 e. The summed E-state index contributed by atoms with van der Waals surface area (Å²) in [5.41, 5.74) is 1.91.